The van der Waals surface area contributed by atoms with Gasteiger partial charge in [0, 0.05) is 23.9 Å². The maximum absolute atomic E-state index is 10.7. The van der Waals surface area contributed by atoms with E-state index in [4.69, 9.17) is 12.2 Å². The second-order valence-corrected chi connectivity index (χ2v) is 7.27. The van der Waals surface area contributed by atoms with Crippen molar-refractivity contribution in [3.05, 3.63) is 34.4 Å². The van der Waals surface area contributed by atoms with E-state index in [1.54, 1.807) is 12.1 Å². The van der Waals surface area contributed by atoms with Gasteiger partial charge < -0.3 is 10.6 Å². The molecule has 1 aromatic rings. The van der Waals surface area contributed by atoms with Crippen LogP contribution in [-0.2, 0) is 0 Å². The Labute approximate surface area is 155 Å². The molecule has 1 saturated carbocycles. The summed E-state index contributed by atoms with van der Waals surface area (Å²) in [5.74, 6) is 0. The highest BCUT2D eigenvalue weighted by Crippen LogP contribution is 2.18. The molecular formula is C19H29N3O2S. The monoisotopic (exact) mass is 363 g/mol. The maximum atomic E-state index is 10.7. The molecule has 138 valence electrons. The second-order valence-electron chi connectivity index (χ2n) is 6.86. The van der Waals surface area contributed by atoms with Crippen LogP contribution in [0.4, 0.5) is 11.4 Å². The normalized spacial score (nSPS) is 17.8. The van der Waals surface area contributed by atoms with Gasteiger partial charge in [-0.25, -0.2) is 0 Å². The van der Waals surface area contributed by atoms with Crippen LogP contribution in [-0.4, -0.2) is 16.1 Å². The van der Waals surface area contributed by atoms with Crippen molar-refractivity contribution in [2.75, 3.05) is 5.32 Å². The van der Waals surface area contributed by atoms with Gasteiger partial charge in [0.05, 0.1) is 4.92 Å². The fourth-order valence-electron chi connectivity index (χ4n) is 3.33. The van der Waals surface area contributed by atoms with Gasteiger partial charge in [-0.2, -0.15) is 0 Å². The van der Waals surface area contributed by atoms with E-state index in [9.17, 15) is 10.1 Å². The average Bonchev–Trinajstić information content (AvgIpc) is 2.57. The maximum Gasteiger partial charge on any atom is 0.269 e. The van der Waals surface area contributed by atoms with Gasteiger partial charge in [0.25, 0.3) is 5.69 Å². The first-order valence-electron chi connectivity index (χ1n) is 9.47. The number of hydrogen-bond acceptors (Lipinski definition) is 3. The fraction of sp³-hybridized carbons (Fsp3) is 0.632. The molecule has 5 nitrogen and oxygen atoms in total. The lowest BCUT2D eigenvalue weighted by Gasteiger charge is -2.21. The molecule has 0 aromatic heterocycles. The molecule has 0 amide bonds. The summed E-state index contributed by atoms with van der Waals surface area (Å²) in [6, 6.07) is 6.76. The zero-order valence-electron chi connectivity index (χ0n) is 14.8. The summed E-state index contributed by atoms with van der Waals surface area (Å²) in [4.78, 5) is 10.3. The first-order valence-corrected chi connectivity index (χ1v) is 9.88. The quantitative estimate of drug-likeness (QED) is 0.418. The minimum absolute atomic E-state index is 0.0868. The van der Waals surface area contributed by atoms with Gasteiger partial charge in [-0.1, -0.05) is 57.8 Å². The van der Waals surface area contributed by atoms with Gasteiger partial charge in [0.2, 0.25) is 0 Å². The Morgan fingerprint density at radius 1 is 0.920 bits per heavy atom. The summed E-state index contributed by atoms with van der Waals surface area (Å²) in [5, 5.41) is 17.9. The van der Waals surface area contributed by atoms with Gasteiger partial charge in [-0.15, -0.1) is 0 Å². The number of rotatable bonds is 3. The van der Waals surface area contributed by atoms with Gasteiger partial charge >= 0.3 is 0 Å². The van der Waals surface area contributed by atoms with Gasteiger partial charge in [0.1, 0.15) is 0 Å². The van der Waals surface area contributed by atoms with E-state index in [1.807, 2.05) is 0 Å². The lowest BCUT2D eigenvalue weighted by atomic mass is 9.98. The molecule has 6 heteroatoms. The number of anilines is 1. The number of nitro benzene ring substituents is 1. The smallest absolute Gasteiger partial charge is 0.269 e. The highest BCUT2D eigenvalue weighted by Gasteiger charge is 2.11. The number of thiocarbonyl (C=S) groups is 1. The lowest BCUT2D eigenvalue weighted by Crippen LogP contribution is -2.37. The Morgan fingerprint density at radius 2 is 1.40 bits per heavy atom. The van der Waals surface area contributed by atoms with Crippen LogP contribution in [0.25, 0.3) is 0 Å². The summed E-state index contributed by atoms with van der Waals surface area (Å²) in [6.07, 6.45) is 14.2. The third-order valence-corrected chi connectivity index (χ3v) is 5.00. The molecule has 1 aliphatic rings. The molecule has 0 saturated heterocycles. The predicted octanol–water partition coefficient (Wildman–Crippen LogP) is 5.55. The number of non-ortho nitro benzene ring substituents is 1. The second kappa shape index (κ2) is 11.0. The van der Waals surface area contributed by atoms with Crippen molar-refractivity contribution in [3.63, 3.8) is 0 Å². The minimum atomic E-state index is -0.398. The number of hydrogen-bond donors (Lipinski definition) is 2. The molecule has 1 aliphatic carbocycles. The molecule has 0 aliphatic heterocycles. The van der Waals surface area contributed by atoms with Gasteiger partial charge in [-0.3, -0.25) is 10.1 Å². The third-order valence-electron chi connectivity index (χ3n) is 4.78. The van der Waals surface area contributed by atoms with Crippen LogP contribution in [0.5, 0.6) is 0 Å². The van der Waals surface area contributed by atoms with Crippen LogP contribution in [0.15, 0.2) is 24.3 Å². The SMILES string of the molecule is O=[N+]([O-])c1ccc(NC(=S)NC2CCCCCCCCCCC2)cc1. The summed E-state index contributed by atoms with van der Waals surface area (Å²) in [5.41, 5.74) is 0.861. The molecule has 1 fully saturated rings. The molecule has 25 heavy (non-hydrogen) atoms. The Kier molecular flexibility index (Phi) is 8.66. The van der Waals surface area contributed by atoms with Crippen molar-refractivity contribution >= 4 is 28.7 Å². The van der Waals surface area contributed by atoms with Crippen LogP contribution in [0, 0.1) is 10.1 Å². The van der Waals surface area contributed by atoms with Crippen molar-refractivity contribution < 1.29 is 4.92 Å². The zero-order chi connectivity index (χ0) is 17.9. The van der Waals surface area contributed by atoms with Crippen LogP contribution in [0.3, 0.4) is 0 Å². The summed E-state index contributed by atoms with van der Waals surface area (Å²) in [7, 11) is 0. The summed E-state index contributed by atoms with van der Waals surface area (Å²) in [6.45, 7) is 0. The van der Waals surface area contributed by atoms with Crippen LogP contribution >= 0.6 is 12.2 Å². The highest BCUT2D eigenvalue weighted by molar-refractivity contribution is 7.80. The molecule has 2 rings (SSSR count). The minimum Gasteiger partial charge on any atom is -0.360 e. The van der Waals surface area contributed by atoms with Crippen molar-refractivity contribution in [3.8, 4) is 0 Å². The van der Waals surface area contributed by atoms with Crippen molar-refractivity contribution in [1.29, 1.82) is 0 Å². The van der Waals surface area contributed by atoms with E-state index in [0.29, 0.717) is 11.2 Å². The average molecular weight is 364 g/mol. The van der Waals surface area contributed by atoms with E-state index < -0.39 is 4.92 Å². The molecule has 2 N–H and O–H groups in total. The van der Waals surface area contributed by atoms with Crippen LogP contribution in [0.1, 0.15) is 70.6 Å². The van der Waals surface area contributed by atoms with Crippen molar-refractivity contribution in [1.82, 2.24) is 5.32 Å². The Balaban J connectivity index is 1.82. The first-order chi connectivity index (χ1) is 12.1. The van der Waals surface area contributed by atoms with E-state index in [1.165, 1.54) is 69.9 Å². The van der Waals surface area contributed by atoms with Crippen molar-refractivity contribution in [2.45, 2.75) is 76.7 Å². The largest absolute Gasteiger partial charge is 0.360 e. The van der Waals surface area contributed by atoms with E-state index in [-0.39, 0.29) is 5.69 Å². The predicted molar refractivity (Wildman–Crippen MR) is 107 cm³/mol. The number of nitrogens with one attached hydrogen (secondary N) is 2. The topological polar surface area (TPSA) is 67.2 Å². The van der Waals surface area contributed by atoms with Gasteiger partial charge in [0.15, 0.2) is 5.11 Å². The van der Waals surface area contributed by atoms with Crippen molar-refractivity contribution in [2.24, 2.45) is 0 Å². The molecular weight excluding hydrogens is 334 g/mol. The van der Waals surface area contributed by atoms with Crippen LogP contribution in [0.2, 0.25) is 0 Å². The zero-order valence-corrected chi connectivity index (χ0v) is 15.7. The summed E-state index contributed by atoms with van der Waals surface area (Å²) >= 11 is 5.43. The van der Waals surface area contributed by atoms with E-state index >= 15 is 0 Å². The van der Waals surface area contributed by atoms with Gasteiger partial charge in [-0.05, 0) is 37.2 Å². The fourth-order valence-corrected chi connectivity index (χ4v) is 3.61. The number of nitrogens with zero attached hydrogens (tertiary/aromatic N) is 1. The lowest BCUT2D eigenvalue weighted by molar-refractivity contribution is -0.384. The Hall–Kier alpha value is -1.69. The molecule has 0 unspecified atom stereocenters. The highest BCUT2D eigenvalue weighted by atomic mass is 32.1. The standard InChI is InChI=1S/C19H29N3O2S/c23-22(24)18-14-12-17(13-15-18)21-19(25)20-16-10-8-6-4-2-1-3-5-7-9-11-16/h12-16H,1-11H2,(H2,20,21,25). The Morgan fingerprint density at radius 3 is 1.88 bits per heavy atom. The molecule has 0 radical (unpaired) electrons. The molecule has 1 aromatic carbocycles. The summed E-state index contributed by atoms with van der Waals surface area (Å²) < 4.78 is 0. The molecule has 0 spiro atoms. The third kappa shape index (κ3) is 7.82. The molecule has 0 heterocycles. The first kappa shape index (κ1) is 19.6. The Bertz CT molecular complexity index is 536. The van der Waals surface area contributed by atoms with E-state index in [0.717, 1.165) is 18.5 Å². The molecule has 0 atom stereocenters. The van der Waals surface area contributed by atoms with Crippen LogP contribution < -0.4 is 10.6 Å². The number of benzene rings is 1. The van der Waals surface area contributed by atoms with E-state index in [2.05, 4.69) is 10.6 Å². The molecule has 0 bridgehead atoms. The number of nitro groups is 1.